The first-order valence-electron chi connectivity index (χ1n) is 10.1. The highest BCUT2D eigenvalue weighted by Gasteiger charge is 2.19. The van der Waals surface area contributed by atoms with Crippen LogP contribution in [0, 0.1) is 0 Å². The summed E-state index contributed by atoms with van der Waals surface area (Å²) in [5.74, 6) is -0.168. The molecule has 1 aliphatic heterocycles. The highest BCUT2D eigenvalue weighted by atomic mass is 16.5. The predicted molar refractivity (Wildman–Crippen MR) is 113 cm³/mol. The highest BCUT2D eigenvalue weighted by Crippen LogP contribution is 2.21. The number of rotatable bonds is 7. The number of nitrogens with zero attached hydrogens (tertiary/aromatic N) is 2. The van der Waals surface area contributed by atoms with E-state index >= 15 is 0 Å². The molecule has 0 spiro atoms. The smallest absolute Gasteiger partial charge is 0.268 e. The number of amides is 1. The number of β-amino-alcohol motifs (C(OH)–C–C–N with tert-alkyl or cyclic N) is 1. The maximum atomic E-state index is 12.9. The Morgan fingerprint density at radius 2 is 1.79 bits per heavy atom. The number of hydrogen-bond donors (Lipinski definition) is 2. The van der Waals surface area contributed by atoms with Gasteiger partial charge in [-0.3, -0.25) is 9.69 Å². The second-order valence-electron chi connectivity index (χ2n) is 7.44. The van der Waals surface area contributed by atoms with E-state index in [0.29, 0.717) is 32.0 Å². The summed E-state index contributed by atoms with van der Waals surface area (Å²) in [6, 6.07) is 20.0. The van der Waals surface area contributed by atoms with Crippen LogP contribution in [-0.2, 0) is 11.3 Å². The third-order valence-electron chi connectivity index (χ3n) is 5.30. The minimum atomic E-state index is -0.607. The van der Waals surface area contributed by atoms with Crippen molar-refractivity contribution in [1.29, 1.82) is 0 Å². The van der Waals surface area contributed by atoms with Crippen molar-refractivity contribution in [1.82, 2.24) is 14.8 Å². The Morgan fingerprint density at radius 3 is 2.59 bits per heavy atom. The number of aromatic nitrogens is 1. The summed E-state index contributed by atoms with van der Waals surface area (Å²) in [5.41, 5.74) is 2.76. The largest absolute Gasteiger partial charge is 0.390 e. The van der Waals surface area contributed by atoms with Crippen LogP contribution in [0.1, 0.15) is 16.1 Å². The van der Waals surface area contributed by atoms with Crippen LogP contribution < -0.4 is 5.32 Å². The first-order valence-corrected chi connectivity index (χ1v) is 10.1. The van der Waals surface area contributed by atoms with Crippen molar-refractivity contribution in [2.45, 2.75) is 12.6 Å². The maximum Gasteiger partial charge on any atom is 0.268 e. The van der Waals surface area contributed by atoms with E-state index in [-0.39, 0.29) is 12.5 Å². The second-order valence-corrected chi connectivity index (χ2v) is 7.44. The third kappa shape index (κ3) is 4.85. The van der Waals surface area contributed by atoms with Gasteiger partial charge in [-0.25, -0.2) is 0 Å². The molecule has 0 saturated carbocycles. The van der Waals surface area contributed by atoms with Crippen LogP contribution in [-0.4, -0.2) is 66.0 Å². The third-order valence-corrected chi connectivity index (χ3v) is 5.30. The van der Waals surface area contributed by atoms with Gasteiger partial charge in [0, 0.05) is 43.6 Å². The first-order chi connectivity index (χ1) is 14.2. The topological polar surface area (TPSA) is 66.7 Å². The van der Waals surface area contributed by atoms with Crippen LogP contribution in [0.15, 0.2) is 60.7 Å². The summed E-state index contributed by atoms with van der Waals surface area (Å²) in [7, 11) is 0. The van der Waals surface area contributed by atoms with E-state index in [0.717, 1.165) is 29.6 Å². The minimum absolute atomic E-state index is 0.168. The molecule has 2 aromatic carbocycles. The first kappa shape index (κ1) is 19.6. The van der Waals surface area contributed by atoms with E-state index in [9.17, 15) is 9.90 Å². The number of aliphatic hydroxyl groups is 1. The summed E-state index contributed by atoms with van der Waals surface area (Å²) < 4.78 is 7.37. The molecule has 1 atom stereocenters. The van der Waals surface area contributed by atoms with Gasteiger partial charge in [0.25, 0.3) is 5.91 Å². The predicted octanol–water partition coefficient (Wildman–Crippen LogP) is 2.11. The molecule has 1 fully saturated rings. The van der Waals surface area contributed by atoms with Gasteiger partial charge in [-0.05, 0) is 17.7 Å². The number of hydrogen-bond acceptors (Lipinski definition) is 4. The number of aliphatic hydroxyl groups excluding tert-OH is 1. The number of fused-ring (bicyclic) bond motifs is 1. The molecule has 6 heteroatoms. The molecule has 1 amide bonds. The molecule has 29 heavy (non-hydrogen) atoms. The number of ether oxygens (including phenoxy) is 1. The fourth-order valence-electron chi connectivity index (χ4n) is 3.78. The average molecular weight is 393 g/mol. The standard InChI is InChI=1S/C23H27N3O3/c27-20(17-25-10-12-29-13-11-25)15-24-23(28)22-14-19-8-4-5-9-21(19)26(22)16-18-6-2-1-3-7-18/h1-9,14,20,27H,10-13,15-17H2,(H,24,28)/t20-/m0/s1. The zero-order valence-electron chi connectivity index (χ0n) is 16.5. The number of benzene rings is 2. The number of para-hydroxylation sites is 1. The highest BCUT2D eigenvalue weighted by molar-refractivity contribution is 5.98. The van der Waals surface area contributed by atoms with Crippen molar-refractivity contribution in [3.8, 4) is 0 Å². The summed E-state index contributed by atoms with van der Waals surface area (Å²) in [6.07, 6.45) is -0.607. The Balaban J connectivity index is 1.47. The van der Waals surface area contributed by atoms with Gasteiger partial charge in [-0.2, -0.15) is 0 Å². The summed E-state index contributed by atoms with van der Waals surface area (Å²) in [5, 5.41) is 14.3. The lowest BCUT2D eigenvalue weighted by molar-refractivity contribution is 0.0149. The van der Waals surface area contributed by atoms with Gasteiger partial charge in [0.2, 0.25) is 0 Å². The van der Waals surface area contributed by atoms with Gasteiger partial charge in [0.1, 0.15) is 5.69 Å². The quantitative estimate of drug-likeness (QED) is 0.645. The molecule has 1 aromatic heterocycles. The molecule has 0 aliphatic carbocycles. The molecule has 0 bridgehead atoms. The Morgan fingerprint density at radius 1 is 1.07 bits per heavy atom. The van der Waals surface area contributed by atoms with E-state index in [4.69, 9.17) is 4.74 Å². The van der Waals surface area contributed by atoms with Crippen molar-refractivity contribution in [2.75, 3.05) is 39.4 Å². The fraction of sp³-hybridized carbons (Fsp3) is 0.348. The molecule has 1 saturated heterocycles. The lowest BCUT2D eigenvalue weighted by Gasteiger charge is -2.28. The van der Waals surface area contributed by atoms with E-state index in [1.54, 1.807) is 0 Å². The van der Waals surface area contributed by atoms with Crippen LogP contribution >= 0.6 is 0 Å². The average Bonchev–Trinajstić information content (AvgIpc) is 3.12. The van der Waals surface area contributed by atoms with Gasteiger partial charge >= 0.3 is 0 Å². The van der Waals surface area contributed by atoms with Gasteiger partial charge < -0.3 is 19.7 Å². The molecule has 6 nitrogen and oxygen atoms in total. The van der Waals surface area contributed by atoms with Crippen LogP contribution in [0.3, 0.4) is 0 Å². The molecule has 3 aromatic rings. The zero-order valence-corrected chi connectivity index (χ0v) is 16.5. The molecule has 1 aliphatic rings. The lowest BCUT2D eigenvalue weighted by Crippen LogP contribution is -2.44. The lowest BCUT2D eigenvalue weighted by atomic mass is 10.2. The van der Waals surface area contributed by atoms with Gasteiger partial charge in [0.05, 0.1) is 19.3 Å². The van der Waals surface area contributed by atoms with Crippen LogP contribution in [0.2, 0.25) is 0 Å². The van der Waals surface area contributed by atoms with Crippen LogP contribution in [0.4, 0.5) is 0 Å². The molecule has 0 unspecified atom stereocenters. The number of morpholine rings is 1. The number of carbonyl (C=O) groups excluding carboxylic acids is 1. The fourth-order valence-corrected chi connectivity index (χ4v) is 3.78. The molecule has 4 rings (SSSR count). The molecule has 2 heterocycles. The van der Waals surface area contributed by atoms with E-state index < -0.39 is 6.10 Å². The summed E-state index contributed by atoms with van der Waals surface area (Å²) in [4.78, 5) is 15.1. The number of nitrogens with one attached hydrogen (secondary N) is 1. The number of carbonyl (C=O) groups is 1. The van der Waals surface area contributed by atoms with Gasteiger partial charge in [-0.1, -0.05) is 48.5 Å². The molecule has 0 radical (unpaired) electrons. The van der Waals surface area contributed by atoms with Crippen LogP contribution in [0.5, 0.6) is 0 Å². The summed E-state index contributed by atoms with van der Waals surface area (Å²) in [6.45, 7) is 4.40. The summed E-state index contributed by atoms with van der Waals surface area (Å²) >= 11 is 0. The maximum absolute atomic E-state index is 12.9. The SMILES string of the molecule is O=C(NC[C@H](O)CN1CCOCC1)c1cc2ccccc2n1Cc1ccccc1. The minimum Gasteiger partial charge on any atom is -0.390 e. The van der Waals surface area contributed by atoms with Crippen molar-refractivity contribution in [3.05, 3.63) is 71.9 Å². The van der Waals surface area contributed by atoms with Gasteiger partial charge in [0.15, 0.2) is 0 Å². The normalized spacial score (nSPS) is 16.0. The van der Waals surface area contributed by atoms with Crippen molar-refractivity contribution in [3.63, 3.8) is 0 Å². The molecule has 152 valence electrons. The monoisotopic (exact) mass is 393 g/mol. The van der Waals surface area contributed by atoms with Crippen LogP contribution in [0.25, 0.3) is 10.9 Å². The van der Waals surface area contributed by atoms with E-state index in [1.807, 2.05) is 53.1 Å². The Kier molecular flexibility index (Phi) is 6.24. The van der Waals surface area contributed by atoms with Crippen molar-refractivity contribution in [2.24, 2.45) is 0 Å². The van der Waals surface area contributed by atoms with Gasteiger partial charge in [-0.15, -0.1) is 0 Å². The molecular weight excluding hydrogens is 366 g/mol. The second kappa shape index (κ2) is 9.22. The van der Waals surface area contributed by atoms with E-state index in [2.05, 4.69) is 22.3 Å². The molecule has 2 N–H and O–H groups in total. The Labute approximate surface area is 170 Å². The van der Waals surface area contributed by atoms with E-state index in [1.165, 1.54) is 0 Å². The van der Waals surface area contributed by atoms with Crippen molar-refractivity contribution < 1.29 is 14.6 Å². The Hall–Kier alpha value is -2.67. The molecular formula is C23H27N3O3. The Bertz CT molecular complexity index is 948. The van der Waals surface area contributed by atoms with Crippen molar-refractivity contribution >= 4 is 16.8 Å². The zero-order chi connectivity index (χ0) is 20.1.